The van der Waals surface area contributed by atoms with Gasteiger partial charge in [0.05, 0.1) is 16.6 Å². The zero-order valence-electron chi connectivity index (χ0n) is 17.5. The van der Waals surface area contributed by atoms with Crippen molar-refractivity contribution in [3.63, 3.8) is 0 Å². The number of carbonyl (C=O) groups is 2. The summed E-state index contributed by atoms with van der Waals surface area (Å²) >= 11 is 0. The Labute approximate surface area is 186 Å². The minimum atomic E-state index is -3.78. The zero-order chi connectivity index (χ0) is 22.5. The molecule has 32 heavy (non-hydrogen) atoms. The molecule has 1 aliphatic carbocycles. The summed E-state index contributed by atoms with van der Waals surface area (Å²) in [6.45, 7) is 1.54. The van der Waals surface area contributed by atoms with E-state index in [1.807, 2.05) is 31.2 Å². The van der Waals surface area contributed by atoms with Gasteiger partial charge >= 0.3 is 0 Å². The molecule has 0 radical (unpaired) electrons. The molecule has 1 saturated carbocycles. The molecule has 5 rings (SSSR count). The van der Waals surface area contributed by atoms with Crippen molar-refractivity contribution in [2.75, 3.05) is 16.2 Å². The molecule has 0 spiro atoms. The first-order chi connectivity index (χ1) is 15.3. The van der Waals surface area contributed by atoms with Crippen LogP contribution in [-0.2, 0) is 19.6 Å². The van der Waals surface area contributed by atoms with Gasteiger partial charge in [-0.25, -0.2) is 8.42 Å². The first kappa shape index (κ1) is 20.5. The summed E-state index contributed by atoms with van der Waals surface area (Å²) in [5.41, 5.74) is 2.10. The van der Waals surface area contributed by atoms with E-state index < -0.39 is 15.9 Å². The molecule has 0 bridgehead atoms. The van der Waals surface area contributed by atoms with Crippen LogP contribution < -0.4 is 14.9 Å². The Kier molecular flexibility index (Phi) is 4.89. The van der Waals surface area contributed by atoms with E-state index in [0.29, 0.717) is 11.1 Å². The van der Waals surface area contributed by atoms with Crippen molar-refractivity contribution >= 4 is 44.0 Å². The Hall–Kier alpha value is -3.39. The monoisotopic (exact) mass is 449 g/mol. The third kappa shape index (κ3) is 3.60. The molecule has 1 unspecified atom stereocenters. The van der Waals surface area contributed by atoms with Gasteiger partial charge in [-0.2, -0.15) is 0 Å². The second-order valence-corrected chi connectivity index (χ2v) is 10.1. The molecule has 0 saturated heterocycles. The van der Waals surface area contributed by atoms with Crippen LogP contribution >= 0.6 is 0 Å². The number of carbonyl (C=O) groups excluding carboxylic acids is 2. The normalized spacial score (nSPS) is 17.2. The Bertz CT molecular complexity index is 1330. The quantitative estimate of drug-likeness (QED) is 0.601. The average Bonchev–Trinajstić information content (AvgIpc) is 3.60. The number of anilines is 2. The van der Waals surface area contributed by atoms with Gasteiger partial charge in [0.1, 0.15) is 6.54 Å². The van der Waals surface area contributed by atoms with Crippen molar-refractivity contribution in [3.8, 4) is 0 Å². The topological polar surface area (TPSA) is 95.6 Å². The molecule has 2 amide bonds. The molecule has 1 aliphatic heterocycles. The lowest BCUT2D eigenvalue weighted by atomic mass is 10.1. The van der Waals surface area contributed by atoms with Gasteiger partial charge in [0.15, 0.2) is 0 Å². The van der Waals surface area contributed by atoms with Gasteiger partial charge < -0.3 is 10.6 Å². The molecule has 3 aromatic rings. The van der Waals surface area contributed by atoms with Gasteiger partial charge in [-0.3, -0.25) is 13.9 Å². The fourth-order valence-corrected chi connectivity index (χ4v) is 5.74. The minimum absolute atomic E-state index is 0.0435. The Morgan fingerprint density at radius 1 is 1.03 bits per heavy atom. The van der Waals surface area contributed by atoms with Crippen LogP contribution in [0.1, 0.15) is 31.4 Å². The zero-order valence-corrected chi connectivity index (χ0v) is 18.4. The number of rotatable bonds is 6. The number of hydrogen-bond acceptors (Lipinski definition) is 4. The van der Waals surface area contributed by atoms with Crippen LogP contribution in [0, 0.1) is 5.92 Å². The molecule has 0 aromatic heterocycles. The SMILES string of the molecule is CC(NC(=O)CN1c2cccc3cccc(c23)S1(=O)=O)c1ccc(NC(=O)C2CC2)cc1. The van der Waals surface area contributed by atoms with Gasteiger partial charge in [-0.15, -0.1) is 0 Å². The van der Waals surface area contributed by atoms with Crippen molar-refractivity contribution in [1.29, 1.82) is 0 Å². The highest BCUT2D eigenvalue weighted by atomic mass is 32.2. The lowest BCUT2D eigenvalue weighted by Gasteiger charge is -2.21. The lowest BCUT2D eigenvalue weighted by Crippen LogP contribution is -2.39. The molecule has 1 heterocycles. The van der Waals surface area contributed by atoms with E-state index in [1.165, 1.54) is 4.31 Å². The molecule has 2 aliphatic rings. The van der Waals surface area contributed by atoms with E-state index in [4.69, 9.17) is 0 Å². The number of nitrogens with zero attached hydrogens (tertiary/aromatic N) is 1. The number of hydrogen-bond donors (Lipinski definition) is 2. The number of benzene rings is 3. The highest BCUT2D eigenvalue weighted by Crippen LogP contribution is 2.41. The maximum atomic E-state index is 13.0. The second kappa shape index (κ2) is 7.63. The van der Waals surface area contributed by atoms with Gasteiger partial charge in [0.2, 0.25) is 11.8 Å². The summed E-state index contributed by atoms with van der Waals surface area (Å²) < 4.78 is 27.3. The van der Waals surface area contributed by atoms with E-state index >= 15 is 0 Å². The minimum Gasteiger partial charge on any atom is -0.348 e. The highest BCUT2D eigenvalue weighted by Gasteiger charge is 2.36. The van der Waals surface area contributed by atoms with Gasteiger partial charge in [0.25, 0.3) is 10.0 Å². The van der Waals surface area contributed by atoms with Crippen molar-refractivity contribution in [2.45, 2.75) is 30.7 Å². The lowest BCUT2D eigenvalue weighted by molar-refractivity contribution is -0.120. The first-order valence-electron chi connectivity index (χ1n) is 10.6. The third-order valence-corrected chi connectivity index (χ3v) is 7.77. The Balaban J connectivity index is 1.28. The van der Waals surface area contributed by atoms with Crippen molar-refractivity contribution in [3.05, 3.63) is 66.2 Å². The van der Waals surface area contributed by atoms with Crippen LogP contribution in [0.2, 0.25) is 0 Å². The van der Waals surface area contributed by atoms with Crippen LogP contribution in [0.4, 0.5) is 11.4 Å². The number of sulfonamides is 1. The highest BCUT2D eigenvalue weighted by molar-refractivity contribution is 7.93. The summed E-state index contributed by atoms with van der Waals surface area (Å²) in [6.07, 6.45) is 1.89. The van der Waals surface area contributed by atoms with Crippen LogP contribution in [0.3, 0.4) is 0 Å². The first-order valence-corrected chi connectivity index (χ1v) is 12.0. The van der Waals surface area contributed by atoms with Crippen LogP contribution in [-0.4, -0.2) is 26.8 Å². The predicted molar refractivity (Wildman–Crippen MR) is 123 cm³/mol. The van der Waals surface area contributed by atoms with E-state index in [2.05, 4.69) is 10.6 Å². The molecule has 2 N–H and O–H groups in total. The van der Waals surface area contributed by atoms with Crippen molar-refractivity contribution in [1.82, 2.24) is 5.32 Å². The summed E-state index contributed by atoms with van der Waals surface area (Å²) in [4.78, 5) is 24.9. The summed E-state index contributed by atoms with van der Waals surface area (Å²) in [5, 5.41) is 7.24. The predicted octanol–water partition coefficient (Wildman–Crippen LogP) is 3.57. The summed E-state index contributed by atoms with van der Waals surface area (Å²) in [7, 11) is -3.78. The van der Waals surface area contributed by atoms with Crippen molar-refractivity contribution in [2.24, 2.45) is 5.92 Å². The van der Waals surface area contributed by atoms with Crippen molar-refractivity contribution < 1.29 is 18.0 Å². The molecule has 1 fully saturated rings. The van der Waals surface area contributed by atoms with E-state index in [-0.39, 0.29) is 29.3 Å². The number of nitrogens with one attached hydrogen (secondary N) is 2. The second-order valence-electron chi connectivity index (χ2n) is 8.32. The van der Waals surface area contributed by atoms with E-state index in [1.54, 1.807) is 36.4 Å². The van der Waals surface area contributed by atoms with Gasteiger partial charge in [-0.05, 0) is 55.0 Å². The molecule has 8 heteroatoms. The van der Waals surface area contributed by atoms with E-state index in [0.717, 1.165) is 29.5 Å². The average molecular weight is 450 g/mol. The molecule has 7 nitrogen and oxygen atoms in total. The smallest absolute Gasteiger partial charge is 0.265 e. The largest absolute Gasteiger partial charge is 0.348 e. The molecular weight excluding hydrogens is 426 g/mol. The molecule has 3 aromatic carbocycles. The fraction of sp³-hybridized carbons (Fsp3) is 0.250. The van der Waals surface area contributed by atoms with Gasteiger partial charge in [0, 0.05) is 17.0 Å². The molecule has 164 valence electrons. The standard InChI is InChI=1S/C24H23N3O4S/c1-15(16-10-12-19(13-11-16)26-24(29)18-8-9-18)25-22(28)14-27-20-6-2-4-17-5-3-7-21(23(17)20)32(27,30)31/h2-7,10-13,15,18H,8-9,14H2,1H3,(H,25,28)(H,26,29). The maximum absolute atomic E-state index is 13.0. The third-order valence-electron chi connectivity index (χ3n) is 5.97. The molecular formula is C24H23N3O4S. The Morgan fingerprint density at radius 2 is 1.72 bits per heavy atom. The summed E-state index contributed by atoms with van der Waals surface area (Å²) in [5.74, 6) is -0.217. The maximum Gasteiger partial charge on any atom is 0.265 e. The van der Waals surface area contributed by atoms with E-state index in [9.17, 15) is 18.0 Å². The van der Waals surface area contributed by atoms with Crippen LogP contribution in [0.15, 0.2) is 65.6 Å². The molecule has 1 atom stereocenters. The van der Waals surface area contributed by atoms with Crippen LogP contribution in [0.25, 0.3) is 10.8 Å². The summed E-state index contributed by atoms with van der Waals surface area (Å²) in [6, 6.07) is 17.5. The van der Waals surface area contributed by atoms with Crippen LogP contribution in [0.5, 0.6) is 0 Å². The Morgan fingerprint density at radius 3 is 2.41 bits per heavy atom. The van der Waals surface area contributed by atoms with Gasteiger partial charge in [-0.1, -0.05) is 36.4 Å². The fourth-order valence-electron chi connectivity index (χ4n) is 4.07. The number of amides is 2.